The predicted molar refractivity (Wildman–Crippen MR) is 86.7 cm³/mol. The third kappa shape index (κ3) is 4.66. The summed E-state index contributed by atoms with van der Waals surface area (Å²) in [5.74, 6) is -0.207. The highest BCUT2D eigenvalue weighted by Gasteiger charge is 2.41. The number of urea groups is 1. The van der Waals surface area contributed by atoms with Crippen molar-refractivity contribution in [2.24, 2.45) is 5.41 Å². The standard InChI is InChI=1S/C14H26N3O4P/c1-14(2,3)10(15-13(20)16-22-5)11(18)17-8-6-7-9(17)12(19)21-4/h9-10,12,19H,5-8H2,1-4H3,(H2,15,16,20)/t9-,10+,12?/m0/s1. The maximum absolute atomic E-state index is 12.9. The molecular weight excluding hydrogens is 305 g/mol. The van der Waals surface area contributed by atoms with E-state index in [0.29, 0.717) is 21.3 Å². The third-order valence-electron chi connectivity index (χ3n) is 3.72. The lowest BCUT2D eigenvalue weighted by molar-refractivity contribution is -0.152. The van der Waals surface area contributed by atoms with E-state index in [0.717, 1.165) is 6.42 Å². The van der Waals surface area contributed by atoms with Crippen LogP contribution in [0.1, 0.15) is 33.6 Å². The smallest absolute Gasteiger partial charge is 0.322 e. The highest BCUT2D eigenvalue weighted by Crippen LogP contribution is 2.27. The van der Waals surface area contributed by atoms with Gasteiger partial charge in [0.25, 0.3) is 0 Å². The largest absolute Gasteiger partial charge is 0.366 e. The molecule has 22 heavy (non-hydrogen) atoms. The Hall–Kier alpha value is -1.17. The first-order valence-corrected chi connectivity index (χ1v) is 8.34. The SMILES string of the molecule is C=PNC(=O)N[C@H](C(=O)N1CCC[C@H]1C(O)OC)C(C)(C)C. The minimum atomic E-state index is -1.01. The average molecular weight is 331 g/mol. The molecule has 0 aliphatic carbocycles. The van der Waals surface area contributed by atoms with Gasteiger partial charge >= 0.3 is 6.03 Å². The van der Waals surface area contributed by atoms with E-state index in [9.17, 15) is 14.7 Å². The molecule has 0 aromatic rings. The topological polar surface area (TPSA) is 90.9 Å². The van der Waals surface area contributed by atoms with Crippen molar-refractivity contribution in [3.05, 3.63) is 0 Å². The second-order valence-corrected chi connectivity index (χ2v) is 6.95. The van der Waals surface area contributed by atoms with Crippen molar-refractivity contribution in [2.75, 3.05) is 13.7 Å². The van der Waals surface area contributed by atoms with Gasteiger partial charge in [-0.05, 0) is 18.3 Å². The van der Waals surface area contributed by atoms with Crippen molar-refractivity contribution in [1.82, 2.24) is 15.3 Å². The maximum atomic E-state index is 12.9. The molecule has 1 aliphatic rings. The molecule has 7 nitrogen and oxygen atoms in total. The summed E-state index contributed by atoms with van der Waals surface area (Å²) in [6.07, 6.45) is 3.99. The maximum Gasteiger partial charge on any atom is 0.322 e. The second-order valence-electron chi connectivity index (χ2n) is 6.41. The van der Waals surface area contributed by atoms with Crippen LogP contribution in [0.3, 0.4) is 0 Å². The second kappa shape index (κ2) is 7.90. The van der Waals surface area contributed by atoms with Gasteiger partial charge in [-0.2, -0.15) is 0 Å². The van der Waals surface area contributed by atoms with Crippen LogP contribution >= 0.6 is 8.35 Å². The molecule has 8 heteroatoms. The van der Waals surface area contributed by atoms with Crippen LogP contribution in [0.25, 0.3) is 0 Å². The molecule has 3 N–H and O–H groups in total. The van der Waals surface area contributed by atoms with Gasteiger partial charge in [0.1, 0.15) is 6.04 Å². The molecule has 1 rings (SSSR count). The Morgan fingerprint density at radius 2 is 2.09 bits per heavy atom. The first-order chi connectivity index (χ1) is 10.2. The van der Waals surface area contributed by atoms with Gasteiger partial charge in [0.2, 0.25) is 5.91 Å². The summed E-state index contributed by atoms with van der Waals surface area (Å²) in [5, 5.41) is 15.1. The molecule has 1 heterocycles. The fourth-order valence-electron chi connectivity index (χ4n) is 2.57. The number of rotatable bonds is 5. The molecule has 0 aromatic heterocycles. The zero-order chi connectivity index (χ0) is 16.9. The Labute approximate surface area is 133 Å². The van der Waals surface area contributed by atoms with Crippen molar-refractivity contribution in [3.63, 3.8) is 0 Å². The molecule has 1 aliphatic heterocycles. The number of aliphatic hydroxyl groups excluding tert-OH is 1. The summed E-state index contributed by atoms with van der Waals surface area (Å²) in [5.41, 5.74) is -0.461. The fraction of sp³-hybridized carbons (Fsp3) is 0.786. The van der Waals surface area contributed by atoms with Crippen LogP contribution in [0.2, 0.25) is 0 Å². The lowest BCUT2D eigenvalue weighted by Crippen LogP contribution is -2.58. The summed E-state index contributed by atoms with van der Waals surface area (Å²) in [4.78, 5) is 26.2. The Morgan fingerprint density at radius 1 is 1.45 bits per heavy atom. The first-order valence-electron chi connectivity index (χ1n) is 7.26. The van der Waals surface area contributed by atoms with Crippen molar-refractivity contribution in [2.45, 2.75) is 52.0 Å². The molecule has 0 radical (unpaired) electrons. The molecule has 1 saturated heterocycles. The first kappa shape index (κ1) is 18.9. The Kier molecular flexibility index (Phi) is 6.78. The van der Waals surface area contributed by atoms with E-state index in [4.69, 9.17) is 4.74 Å². The molecule has 0 aromatic carbocycles. The van der Waals surface area contributed by atoms with Gasteiger partial charge in [0.05, 0.1) is 6.04 Å². The molecule has 1 fully saturated rings. The van der Waals surface area contributed by atoms with Crippen molar-refractivity contribution >= 4 is 26.6 Å². The predicted octanol–water partition coefficient (Wildman–Crippen LogP) is 0.949. The number of hydrogen-bond acceptors (Lipinski definition) is 4. The molecule has 3 atom stereocenters. The summed E-state index contributed by atoms with van der Waals surface area (Å²) >= 11 is 0. The van der Waals surface area contributed by atoms with Gasteiger partial charge in [-0.1, -0.05) is 27.1 Å². The van der Waals surface area contributed by atoms with E-state index in [1.807, 2.05) is 20.8 Å². The molecular formula is C14H26N3O4P. The monoisotopic (exact) mass is 331 g/mol. The summed E-state index contributed by atoms with van der Waals surface area (Å²) < 4.78 is 4.95. The van der Waals surface area contributed by atoms with Crippen molar-refractivity contribution in [1.29, 1.82) is 0 Å². The van der Waals surface area contributed by atoms with Gasteiger partial charge in [-0.25, -0.2) is 4.79 Å². The van der Waals surface area contributed by atoms with Crippen molar-refractivity contribution < 1.29 is 19.4 Å². The van der Waals surface area contributed by atoms with E-state index in [-0.39, 0.29) is 11.9 Å². The Balaban J connectivity index is 2.91. The molecule has 0 bridgehead atoms. The van der Waals surface area contributed by atoms with Crippen LogP contribution in [-0.2, 0) is 9.53 Å². The number of nitrogens with zero attached hydrogens (tertiary/aromatic N) is 1. The zero-order valence-electron chi connectivity index (χ0n) is 13.6. The Morgan fingerprint density at radius 3 is 2.59 bits per heavy atom. The number of likely N-dealkylation sites (tertiary alicyclic amines) is 1. The summed E-state index contributed by atoms with van der Waals surface area (Å²) in [7, 11) is 1.88. The lowest BCUT2D eigenvalue weighted by atomic mass is 9.85. The van der Waals surface area contributed by atoms with E-state index in [1.54, 1.807) is 4.90 Å². The third-order valence-corrected chi connectivity index (χ3v) is 4.08. The van der Waals surface area contributed by atoms with Crippen LogP contribution in [0.5, 0.6) is 0 Å². The number of methoxy groups -OCH3 is 1. The quantitative estimate of drug-likeness (QED) is 0.517. The summed E-state index contributed by atoms with van der Waals surface area (Å²) in [6, 6.07) is -1.51. The van der Waals surface area contributed by atoms with Crippen LogP contribution in [-0.4, -0.2) is 60.3 Å². The highest BCUT2D eigenvalue weighted by atomic mass is 31.1. The number of aliphatic hydroxyl groups is 1. The van der Waals surface area contributed by atoms with E-state index in [2.05, 4.69) is 16.7 Å². The van der Waals surface area contributed by atoms with Gasteiger partial charge in [0, 0.05) is 22.0 Å². The molecule has 126 valence electrons. The number of carbonyl (C=O) groups is 2. The molecule has 1 unspecified atom stereocenters. The number of amides is 3. The number of nitrogens with one attached hydrogen (secondary N) is 2. The Bertz CT molecular complexity index is 425. The number of carbonyl (C=O) groups excluding carboxylic acids is 2. The highest BCUT2D eigenvalue weighted by molar-refractivity contribution is 7.35. The van der Waals surface area contributed by atoms with Crippen LogP contribution < -0.4 is 10.4 Å². The fourth-order valence-corrected chi connectivity index (χ4v) is 2.78. The minimum Gasteiger partial charge on any atom is -0.366 e. The van der Waals surface area contributed by atoms with Crippen LogP contribution in [0, 0.1) is 5.41 Å². The van der Waals surface area contributed by atoms with E-state index in [1.165, 1.54) is 7.11 Å². The average Bonchev–Trinajstić information content (AvgIpc) is 2.91. The minimum absolute atomic E-state index is 0.207. The lowest BCUT2D eigenvalue weighted by Gasteiger charge is -2.36. The van der Waals surface area contributed by atoms with E-state index >= 15 is 0 Å². The molecule has 3 amide bonds. The zero-order valence-corrected chi connectivity index (χ0v) is 14.5. The van der Waals surface area contributed by atoms with Gasteiger partial charge < -0.3 is 20.1 Å². The van der Waals surface area contributed by atoms with Crippen LogP contribution in [0.4, 0.5) is 4.79 Å². The van der Waals surface area contributed by atoms with Gasteiger partial charge in [-0.3, -0.25) is 9.88 Å². The molecule has 0 spiro atoms. The summed E-state index contributed by atoms with van der Waals surface area (Å²) in [6.45, 7) is 6.20. The number of hydrogen-bond donors (Lipinski definition) is 3. The van der Waals surface area contributed by atoms with Gasteiger partial charge in [0.15, 0.2) is 6.29 Å². The van der Waals surface area contributed by atoms with Crippen molar-refractivity contribution in [3.8, 4) is 0 Å². The normalized spacial score (nSPS) is 21.5. The van der Waals surface area contributed by atoms with Gasteiger partial charge in [-0.15, -0.1) is 0 Å². The number of ether oxygens (including phenoxy) is 1. The van der Waals surface area contributed by atoms with E-state index < -0.39 is 23.8 Å². The van der Waals surface area contributed by atoms with Crippen LogP contribution in [0.15, 0.2) is 0 Å². The molecule has 0 saturated carbocycles.